The maximum atomic E-state index is 13.3. The van der Waals surface area contributed by atoms with Crippen molar-refractivity contribution in [3.8, 4) is 0 Å². The van der Waals surface area contributed by atoms with Gasteiger partial charge in [0, 0.05) is 18.0 Å². The van der Waals surface area contributed by atoms with E-state index in [0.717, 1.165) is 31.4 Å². The van der Waals surface area contributed by atoms with E-state index in [-0.39, 0.29) is 29.4 Å². The van der Waals surface area contributed by atoms with Gasteiger partial charge in [-0.1, -0.05) is 25.0 Å². The fourth-order valence-electron chi connectivity index (χ4n) is 4.71. The Kier molecular flexibility index (Phi) is 4.10. The van der Waals surface area contributed by atoms with Crippen molar-refractivity contribution in [2.24, 2.45) is 5.73 Å². The molecule has 1 saturated heterocycles. The first-order valence-corrected chi connectivity index (χ1v) is 8.80. The van der Waals surface area contributed by atoms with Gasteiger partial charge in [0.15, 0.2) is 0 Å². The highest BCUT2D eigenvalue weighted by Crippen LogP contribution is 2.43. The molecule has 0 amide bonds. The van der Waals surface area contributed by atoms with Crippen molar-refractivity contribution >= 4 is 0 Å². The predicted octanol–water partition coefficient (Wildman–Crippen LogP) is 2.16. The maximum Gasteiger partial charge on any atom is 0.137 e. The van der Waals surface area contributed by atoms with Crippen LogP contribution in [0.2, 0.25) is 0 Å². The molecule has 2 fully saturated rings. The van der Waals surface area contributed by atoms with Crippen molar-refractivity contribution < 1.29 is 4.39 Å². The van der Waals surface area contributed by atoms with Crippen molar-refractivity contribution in [2.75, 3.05) is 6.54 Å². The average Bonchev–Trinajstić information content (AvgIpc) is 3.28. The molecular weight excluding hydrogens is 305 g/mol. The molecule has 3 N–H and O–H groups in total. The summed E-state index contributed by atoms with van der Waals surface area (Å²) in [5.41, 5.74) is 7.77. The van der Waals surface area contributed by atoms with Crippen LogP contribution in [0.25, 0.3) is 0 Å². The molecule has 3 atom stereocenters. The lowest BCUT2D eigenvalue weighted by atomic mass is 9.74. The Labute approximate surface area is 141 Å². The third-order valence-corrected chi connectivity index (χ3v) is 5.89. The summed E-state index contributed by atoms with van der Waals surface area (Å²) in [5.74, 6) is 0.0329. The minimum Gasteiger partial charge on any atom is -0.326 e. The highest BCUT2D eigenvalue weighted by molar-refractivity contribution is 5.25. The van der Waals surface area contributed by atoms with Gasteiger partial charge in [-0.2, -0.15) is 5.10 Å². The Balaban J connectivity index is 1.66. The van der Waals surface area contributed by atoms with E-state index in [4.69, 9.17) is 5.73 Å². The van der Waals surface area contributed by atoms with Crippen LogP contribution in [-0.4, -0.2) is 33.4 Å². The molecule has 2 aromatic rings. The largest absolute Gasteiger partial charge is 0.326 e. The second-order valence-electron chi connectivity index (χ2n) is 7.11. The Bertz CT molecular complexity index is 663. The summed E-state index contributed by atoms with van der Waals surface area (Å²) < 4.78 is 15.3. The molecule has 0 spiro atoms. The number of nitrogens with zero attached hydrogens (tertiary/aromatic N) is 3. The van der Waals surface area contributed by atoms with Crippen LogP contribution in [0.4, 0.5) is 4.39 Å². The molecule has 0 bridgehead atoms. The Morgan fingerprint density at radius 3 is 2.62 bits per heavy atom. The Hall–Kier alpha value is -1.79. The zero-order valence-corrected chi connectivity index (χ0v) is 13.7. The fourth-order valence-corrected chi connectivity index (χ4v) is 4.71. The van der Waals surface area contributed by atoms with Gasteiger partial charge in [0.2, 0.25) is 0 Å². The Morgan fingerprint density at radius 1 is 1.21 bits per heavy atom. The van der Waals surface area contributed by atoms with Gasteiger partial charge in [0.25, 0.3) is 0 Å². The molecular formula is C18H24FN5. The van der Waals surface area contributed by atoms with E-state index in [2.05, 4.69) is 15.4 Å². The highest BCUT2D eigenvalue weighted by atomic mass is 19.1. The van der Waals surface area contributed by atoms with Crippen LogP contribution in [0.3, 0.4) is 0 Å². The lowest BCUT2D eigenvalue weighted by molar-refractivity contribution is 0.126. The number of halogens is 1. The second kappa shape index (κ2) is 6.26. The first-order valence-electron chi connectivity index (χ1n) is 8.80. The van der Waals surface area contributed by atoms with Crippen molar-refractivity contribution in [1.29, 1.82) is 0 Å². The Morgan fingerprint density at radius 2 is 1.96 bits per heavy atom. The molecule has 128 valence electrons. The van der Waals surface area contributed by atoms with Gasteiger partial charge in [0.05, 0.1) is 5.54 Å². The van der Waals surface area contributed by atoms with Crippen LogP contribution in [0, 0.1) is 5.82 Å². The van der Waals surface area contributed by atoms with Crippen molar-refractivity contribution in [2.45, 2.75) is 55.6 Å². The molecule has 4 rings (SSSR count). The van der Waals surface area contributed by atoms with Crippen LogP contribution in [0.1, 0.15) is 43.6 Å². The van der Waals surface area contributed by atoms with E-state index in [9.17, 15) is 4.39 Å². The number of aromatic nitrogens is 3. The van der Waals surface area contributed by atoms with E-state index in [1.807, 2.05) is 23.1 Å². The minimum absolute atomic E-state index is 0.0356. The minimum atomic E-state index is -0.201. The lowest BCUT2D eigenvalue weighted by Crippen LogP contribution is -2.64. The van der Waals surface area contributed by atoms with Gasteiger partial charge in [-0.15, -0.1) is 0 Å². The summed E-state index contributed by atoms with van der Waals surface area (Å²) in [6.07, 6.45) is 8.90. The molecule has 5 nitrogen and oxygen atoms in total. The molecule has 2 heterocycles. The zero-order valence-electron chi connectivity index (χ0n) is 13.7. The van der Waals surface area contributed by atoms with Crippen molar-refractivity contribution in [3.05, 3.63) is 48.3 Å². The quantitative estimate of drug-likeness (QED) is 0.905. The van der Waals surface area contributed by atoms with Crippen LogP contribution in [0.15, 0.2) is 36.9 Å². The van der Waals surface area contributed by atoms with Gasteiger partial charge >= 0.3 is 0 Å². The van der Waals surface area contributed by atoms with E-state index in [0.29, 0.717) is 0 Å². The molecule has 1 aromatic carbocycles. The van der Waals surface area contributed by atoms with Crippen LogP contribution < -0.4 is 11.1 Å². The standard InChI is InChI=1S/C18H24FN5/c19-14-5-3-13(4-6-14)15-7-10-22-17(16(15)20)18(8-1-2-9-18)24-12-21-11-23-24/h3-6,11-12,15-17,22H,1-2,7-10,20H2/t15?,16?,17-/m0/s1. The summed E-state index contributed by atoms with van der Waals surface area (Å²) in [7, 11) is 0. The fraction of sp³-hybridized carbons (Fsp3) is 0.556. The molecule has 0 radical (unpaired) electrons. The first kappa shape index (κ1) is 15.7. The summed E-state index contributed by atoms with van der Waals surface area (Å²) in [6, 6.07) is 6.92. The van der Waals surface area contributed by atoms with Gasteiger partial charge in [-0.05, 0) is 43.5 Å². The molecule has 24 heavy (non-hydrogen) atoms. The number of rotatable bonds is 3. The van der Waals surface area contributed by atoms with E-state index in [1.54, 1.807) is 6.33 Å². The summed E-state index contributed by atoms with van der Waals surface area (Å²) in [4.78, 5) is 4.16. The highest BCUT2D eigenvalue weighted by Gasteiger charge is 2.49. The van der Waals surface area contributed by atoms with Gasteiger partial charge in [0.1, 0.15) is 18.5 Å². The monoisotopic (exact) mass is 329 g/mol. The summed E-state index contributed by atoms with van der Waals surface area (Å²) in [6.45, 7) is 0.914. The molecule has 1 saturated carbocycles. The topological polar surface area (TPSA) is 68.8 Å². The molecule has 1 aliphatic carbocycles. The molecule has 2 aliphatic rings. The summed E-state index contributed by atoms with van der Waals surface area (Å²) in [5, 5.41) is 8.11. The number of hydrogen-bond donors (Lipinski definition) is 2. The normalized spacial score (nSPS) is 29.7. The molecule has 2 unspecified atom stereocenters. The number of piperidine rings is 1. The first-order chi connectivity index (χ1) is 11.7. The van der Waals surface area contributed by atoms with Crippen molar-refractivity contribution in [1.82, 2.24) is 20.1 Å². The number of nitrogens with two attached hydrogens (primary N) is 1. The molecule has 1 aromatic heterocycles. The van der Waals surface area contributed by atoms with Crippen LogP contribution >= 0.6 is 0 Å². The smallest absolute Gasteiger partial charge is 0.137 e. The predicted molar refractivity (Wildman–Crippen MR) is 90.0 cm³/mol. The van der Waals surface area contributed by atoms with Gasteiger partial charge < -0.3 is 11.1 Å². The second-order valence-corrected chi connectivity index (χ2v) is 7.11. The number of hydrogen-bond acceptors (Lipinski definition) is 4. The summed E-state index contributed by atoms with van der Waals surface area (Å²) >= 11 is 0. The SMILES string of the molecule is NC1C(c2ccc(F)cc2)CCN[C@@H]1C1(n2cncn2)CCCC1. The van der Waals surface area contributed by atoms with E-state index < -0.39 is 0 Å². The van der Waals surface area contributed by atoms with Gasteiger partial charge in [-0.25, -0.2) is 14.1 Å². The average molecular weight is 329 g/mol. The molecule has 6 heteroatoms. The lowest BCUT2D eigenvalue weighted by Gasteiger charge is -2.46. The van der Waals surface area contributed by atoms with E-state index >= 15 is 0 Å². The zero-order chi connectivity index (χ0) is 16.6. The van der Waals surface area contributed by atoms with Crippen LogP contribution in [-0.2, 0) is 5.54 Å². The third-order valence-electron chi connectivity index (χ3n) is 5.89. The third kappa shape index (κ3) is 2.54. The van der Waals surface area contributed by atoms with Gasteiger partial charge in [-0.3, -0.25) is 0 Å². The maximum absolute atomic E-state index is 13.3. The van der Waals surface area contributed by atoms with Crippen LogP contribution in [0.5, 0.6) is 0 Å². The molecule has 1 aliphatic heterocycles. The van der Waals surface area contributed by atoms with Crippen molar-refractivity contribution in [3.63, 3.8) is 0 Å². The van der Waals surface area contributed by atoms with E-state index in [1.165, 1.54) is 25.0 Å². The number of benzene rings is 1. The number of nitrogens with one attached hydrogen (secondary N) is 1.